The van der Waals surface area contributed by atoms with Crippen molar-refractivity contribution >= 4 is 11.7 Å². The summed E-state index contributed by atoms with van der Waals surface area (Å²) >= 11 is 0. The Hall–Kier alpha value is -1.62. The van der Waals surface area contributed by atoms with Gasteiger partial charge in [0, 0.05) is 19.3 Å². The summed E-state index contributed by atoms with van der Waals surface area (Å²) in [5, 5.41) is 18.9. The zero-order chi connectivity index (χ0) is 13.1. The number of pyridine rings is 1. The zero-order valence-corrected chi connectivity index (χ0v) is 10.3. The highest BCUT2D eigenvalue weighted by Gasteiger charge is 2.21. The van der Waals surface area contributed by atoms with Gasteiger partial charge in [0.1, 0.15) is 0 Å². The minimum Gasteiger partial charge on any atom is -0.478 e. The van der Waals surface area contributed by atoms with Crippen LogP contribution in [0.4, 0.5) is 5.69 Å². The van der Waals surface area contributed by atoms with Crippen LogP contribution >= 0.6 is 0 Å². The molecule has 0 aliphatic rings. The number of carbonyl (C=O) groups is 1. The molecule has 2 N–H and O–H groups in total. The third kappa shape index (κ3) is 3.71. The van der Waals surface area contributed by atoms with Crippen molar-refractivity contribution in [3.8, 4) is 0 Å². The topological polar surface area (TPSA) is 73.7 Å². The number of hydrogen-bond acceptors (Lipinski definition) is 4. The van der Waals surface area contributed by atoms with Gasteiger partial charge in [-0.1, -0.05) is 0 Å². The number of carboxylic acid groups (broad SMARTS) is 1. The largest absolute Gasteiger partial charge is 0.478 e. The van der Waals surface area contributed by atoms with Crippen LogP contribution in [0.15, 0.2) is 18.5 Å². The van der Waals surface area contributed by atoms with Gasteiger partial charge in [-0.05, 0) is 26.8 Å². The van der Waals surface area contributed by atoms with Crippen molar-refractivity contribution in [2.45, 2.75) is 26.4 Å². The summed E-state index contributed by atoms with van der Waals surface area (Å²) in [6, 6.07) is 1.46. The Morgan fingerprint density at radius 1 is 1.53 bits per heavy atom. The van der Waals surface area contributed by atoms with Crippen molar-refractivity contribution < 1.29 is 15.0 Å². The zero-order valence-electron chi connectivity index (χ0n) is 10.3. The van der Waals surface area contributed by atoms with E-state index in [9.17, 15) is 9.90 Å². The van der Waals surface area contributed by atoms with E-state index >= 15 is 0 Å². The third-order valence-electron chi connectivity index (χ3n) is 2.33. The summed E-state index contributed by atoms with van der Waals surface area (Å²) in [4.78, 5) is 16.8. The molecule has 0 spiro atoms. The number of anilines is 1. The predicted octanol–water partition coefficient (Wildman–Crippen LogP) is 1.38. The molecule has 1 aromatic rings. The molecule has 94 valence electrons. The maximum absolute atomic E-state index is 11.1. The second-order valence-electron chi connectivity index (χ2n) is 4.52. The molecule has 0 aliphatic carbocycles. The van der Waals surface area contributed by atoms with Crippen LogP contribution in [0.5, 0.6) is 0 Å². The molecule has 0 aromatic carbocycles. The molecule has 5 nitrogen and oxygen atoms in total. The molecule has 0 atom stereocenters. The molecule has 1 rings (SSSR count). The molecule has 0 radical (unpaired) electrons. The van der Waals surface area contributed by atoms with E-state index < -0.39 is 11.6 Å². The lowest BCUT2D eigenvalue weighted by Gasteiger charge is -2.30. The van der Waals surface area contributed by atoms with Crippen LogP contribution < -0.4 is 4.90 Å². The highest BCUT2D eigenvalue weighted by atomic mass is 16.4. The van der Waals surface area contributed by atoms with E-state index in [2.05, 4.69) is 4.98 Å². The van der Waals surface area contributed by atoms with E-state index in [4.69, 9.17) is 5.11 Å². The van der Waals surface area contributed by atoms with Crippen LogP contribution in [-0.2, 0) is 0 Å². The number of aromatic carboxylic acids is 1. The lowest BCUT2D eigenvalue weighted by molar-refractivity contribution is 0.0694. The van der Waals surface area contributed by atoms with E-state index in [0.717, 1.165) is 0 Å². The number of carboxylic acids is 1. The summed E-state index contributed by atoms with van der Waals surface area (Å²) in [5.41, 5.74) is -0.155. The fourth-order valence-corrected chi connectivity index (χ4v) is 1.65. The Labute approximate surface area is 101 Å². The fourth-order valence-electron chi connectivity index (χ4n) is 1.65. The van der Waals surface area contributed by atoms with Crippen LogP contribution in [0, 0.1) is 0 Å². The Balaban J connectivity index is 3.07. The van der Waals surface area contributed by atoms with Crippen LogP contribution in [0.3, 0.4) is 0 Å². The number of rotatable bonds is 5. The van der Waals surface area contributed by atoms with Gasteiger partial charge in [-0.15, -0.1) is 0 Å². The predicted molar refractivity (Wildman–Crippen MR) is 65.4 cm³/mol. The minimum absolute atomic E-state index is 0.200. The van der Waals surface area contributed by atoms with E-state index in [1.807, 2.05) is 6.92 Å². The quantitative estimate of drug-likeness (QED) is 0.810. The number of aliphatic hydroxyl groups is 1. The molecule has 0 aliphatic heterocycles. The first kappa shape index (κ1) is 13.4. The van der Waals surface area contributed by atoms with Gasteiger partial charge in [0.15, 0.2) is 0 Å². The molecule has 0 amide bonds. The van der Waals surface area contributed by atoms with Crippen LogP contribution in [-0.4, -0.2) is 39.9 Å². The van der Waals surface area contributed by atoms with Gasteiger partial charge in [-0.25, -0.2) is 4.79 Å². The molecule has 0 saturated carbocycles. The SMILES string of the molecule is CCN(CC(C)(C)O)c1cnccc1C(=O)O. The second kappa shape index (κ2) is 5.14. The maximum Gasteiger partial charge on any atom is 0.337 e. The Kier molecular flexibility index (Phi) is 4.07. The van der Waals surface area contributed by atoms with Gasteiger partial charge < -0.3 is 15.1 Å². The van der Waals surface area contributed by atoms with Gasteiger partial charge in [0.05, 0.1) is 23.0 Å². The highest BCUT2D eigenvalue weighted by molar-refractivity contribution is 5.94. The summed E-state index contributed by atoms with van der Waals surface area (Å²) in [6.45, 7) is 6.24. The third-order valence-corrected chi connectivity index (χ3v) is 2.33. The van der Waals surface area contributed by atoms with Crippen molar-refractivity contribution in [1.82, 2.24) is 4.98 Å². The standard InChI is InChI=1S/C12H18N2O3/c1-4-14(8-12(2,3)17)10-7-13-6-5-9(10)11(15)16/h5-7,17H,4,8H2,1-3H3,(H,15,16). The van der Waals surface area contributed by atoms with Gasteiger partial charge >= 0.3 is 5.97 Å². The average Bonchev–Trinajstić information content (AvgIpc) is 2.24. The summed E-state index contributed by atoms with van der Waals surface area (Å²) < 4.78 is 0. The number of hydrogen-bond donors (Lipinski definition) is 2. The van der Waals surface area contributed by atoms with Crippen molar-refractivity contribution in [3.63, 3.8) is 0 Å². The van der Waals surface area contributed by atoms with Crippen molar-refractivity contribution in [3.05, 3.63) is 24.0 Å². The summed E-state index contributed by atoms with van der Waals surface area (Å²) in [6.07, 6.45) is 2.96. The van der Waals surface area contributed by atoms with E-state index in [1.165, 1.54) is 18.5 Å². The molecule has 5 heteroatoms. The highest BCUT2D eigenvalue weighted by Crippen LogP contribution is 2.21. The van der Waals surface area contributed by atoms with Gasteiger partial charge in [-0.3, -0.25) is 4.98 Å². The Morgan fingerprint density at radius 3 is 2.65 bits per heavy atom. The summed E-state index contributed by atoms with van der Waals surface area (Å²) in [5.74, 6) is -0.989. The van der Waals surface area contributed by atoms with E-state index in [1.54, 1.807) is 18.7 Å². The maximum atomic E-state index is 11.1. The lowest BCUT2D eigenvalue weighted by atomic mass is 10.1. The molecule has 0 unspecified atom stereocenters. The molecule has 0 fully saturated rings. The first-order chi connectivity index (χ1) is 7.85. The summed E-state index contributed by atoms with van der Waals surface area (Å²) in [7, 11) is 0. The Morgan fingerprint density at radius 2 is 2.18 bits per heavy atom. The van der Waals surface area contributed by atoms with Gasteiger partial charge in [-0.2, -0.15) is 0 Å². The average molecular weight is 238 g/mol. The number of likely N-dealkylation sites (N-methyl/N-ethyl adjacent to an activating group) is 1. The molecule has 1 aromatic heterocycles. The second-order valence-corrected chi connectivity index (χ2v) is 4.52. The van der Waals surface area contributed by atoms with Gasteiger partial charge in [0.25, 0.3) is 0 Å². The Bertz CT molecular complexity index is 399. The molecule has 1 heterocycles. The molecule has 0 bridgehead atoms. The minimum atomic E-state index is -0.989. The van der Waals surface area contributed by atoms with Crippen molar-refractivity contribution in [2.24, 2.45) is 0 Å². The smallest absolute Gasteiger partial charge is 0.337 e. The first-order valence-corrected chi connectivity index (χ1v) is 5.50. The van der Waals surface area contributed by atoms with Crippen LogP contribution in [0.25, 0.3) is 0 Å². The van der Waals surface area contributed by atoms with Gasteiger partial charge in [0.2, 0.25) is 0 Å². The number of nitrogens with zero attached hydrogens (tertiary/aromatic N) is 2. The fraction of sp³-hybridized carbons (Fsp3) is 0.500. The lowest BCUT2D eigenvalue weighted by Crippen LogP contribution is -2.39. The van der Waals surface area contributed by atoms with Crippen LogP contribution in [0.2, 0.25) is 0 Å². The van der Waals surface area contributed by atoms with E-state index in [-0.39, 0.29) is 5.56 Å². The monoisotopic (exact) mass is 238 g/mol. The van der Waals surface area contributed by atoms with E-state index in [0.29, 0.717) is 18.8 Å². The number of aromatic nitrogens is 1. The molecular weight excluding hydrogens is 220 g/mol. The first-order valence-electron chi connectivity index (χ1n) is 5.50. The normalized spacial score (nSPS) is 11.3. The van der Waals surface area contributed by atoms with Crippen molar-refractivity contribution in [2.75, 3.05) is 18.0 Å². The van der Waals surface area contributed by atoms with Crippen LogP contribution in [0.1, 0.15) is 31.1 Å². The van der Waals surface area contributed by atoms with Crippen molar-refractivity contribution in [1.29, 1.82) is 0 Å². The molecular formula is C12H18N2O3. The molecule has 17 heavy (non-hydrogen) atoms. The molecule has 0 saturated heterocycles.